The van der Waals surface area contributed by atoms with Crippen LogP contribution in [0.4, 0.5) is 5.69 Å². The molecule has 6 rings (SSSR count). The summed E-state index contributed by atoms with van der Waals surface area (Å²) >= 11 is 6.35. The van der Waals surface area contributed by atoms with Gasteiger partial charge < -0.3 is 19.2 Å². The number of hydrogen-bond donors (Lipinski definition) is 1. The fraction of sp³-hybridized carbons (Fsp3) is 0.588. The third kappa shape index (κ3) is 6.64. The second kappa shape index (κ2) is 13.0. The Bertz CT molecular complexity index is 1560. The van der Waals surface area contributed by atoms with Crippen molar-refractivity contribution in [1.82, 2.24) is 4.72 Å². The maximum atomic E-state index is 13.4. The van der Waals surface area contributed by atoms with Crippen LogP contribution in [0, 0.1) is 17.8 Å². The van der Waals surface area contributed by atoms with Gasteiger partial charge in [0, 0.05) is 29.6 Å². The molecule has 11 heteroatoms. The second-order valence-electron chi connectivity index (χ2n) is 13.3. The van der Waals surface area contributed by atoms with E-state index in [1.807, 2.05) is 25.1 Å². The van der Waals surface area contributed by atoms with Crippen LogP contribution in [0.15, 0.2) is 41.6 Å². The van der Waals surface area contributed by atoms with E-state index in [2.05, 4.69) is 14.8 Å². The van der Waals surface area contributed by atoms with Crippen LogP contribution in [0.5, 0.6) is 5.75 Å². The highest BCUT2D eigenvalue weighted by atomic mass is 35.5. The van der Waals surface area contributed by atoms with Crippen LogP contribution in [-0.4, -0.2) is 51.3 Å². The molecule has 0 radical (unpaired) electrons. The first-order valence-electron chi connectivity index (χ1n) is 16.2. The molecule has 3 aliphatic heterocycles. The Hall–Kier alpha value is -2.98. The quantitative estimate of drug-likeness (QED) is 0.346. The summed E-state index contributed by atoms with van der Waals surface area (Å²) in [6.07, 6.45) is 7.76. The minimum atomic E-state index is -3.91. The number of rotatable bonds is 0. The van der Waals surface area contributed by atoms with Gasteiger partial charge in [-0.25, -0.2) is 13.1 Å². The van der Waals surface area contributed by atoms with E-state index in [-0.39, 0.29) is 11.8 Å². The van der Waals surface area contributed by atoms with E-state index >= 15 is 0 Å². The third-order valence-corrected chi connectivity index (χ3v) is 12.7. The van der Waals surface area contributed by atoms with Crippen molar-refractivity contribution in [3.63, 3.8) is 0 Å². The largest absolute Gasteiger partial charge is 0.487 e. The van der Waals surface area contributed by atoms with Crippen LogP contribution >= 0.6 is 11.6 Å². The maximum absolute atomic E-state index is 13.4. The zero-order valence-electron chi connectivity index (χ0n) is 26.4. The molecule has 244 valence electrons. The highest BCUT2D eigenvalue weighted by Crippen LogP contribution is 2.51. The predicted molar refractivity (Wildman–Crippen MR) is 175 cm³/mol. The van der Waals surface area contributed by atoms with E-state index in [1.54, 1.807) is 32.2 Å². The smallest absolute Gasteiger partial charge is 0.264 e. The summed E-state index contributed by atoms with van der Waals surface area (Å²) in [4.78, 5) is 22.0. The van der Waals surface area contributed by atoms with Crippen molar-refractivity contribution >= 4 is 39.1 Å². The summed E-state index contributed by atoms with van der Waals surface area (Å²) in [6.45, 7) is 5.51. The molecule has 0 unspecified atom stereocenters. The summed E-state index contributed by atoms with van der Waals surface area (Å²) in [5, 5.41) is 4.29. The van der Waals surface area contributed by atoms with E-state index in [1.165, 1.54) is 5.56 Å². The van der Waals surface area contributed by atoms with Crippen LogP contribution in [-0.2, 0) is 32.6 Å². The van der Waals surface area contributed by atoms with E-state index < -0.39 is 26.8 Å². The lowest BCUT2D eigenvalue weighted by molar-refractivity contribution is -0.118. The number of benzene rings is 2. The Labute approximate surface area is 271 Å². The van der Waals surface area contributed by atoms with Crippen LogP contribution < -0.4 is 14.4 Å². The zero-order chi connectivity index (χ0) is 31.8. The van der Waals surface area contributed by atoms with Gasteiger partial charge in [-0.1, -0.05) is 29.7 Å². The highest BCUT2D eigenvalue weighted by Gasteiger charge is 2.53. The average Bonchev–Trinajstić information content (AvgIpc) is 3.40. The lowest BCUT2D eigenvalue weighted by atomic mass is 9.62. The number of amides is 1. The molecule has 2 aromatic rings. The lowest BCUT2D eigenvalue weighted by Crippen LogP contribution is -2.51. The number of anilines is 1. The minimum absolute atomic E-state index is 0.157. The molecule has 1 aliphatic carbocycles. The van der Waals surface area contributed by atoms with Crippen LogP contribution in [0.3, 0.4) is 0 Å². The number of oxime groups is 1. The highest BCUT2D eigenvalue weighted by molar-refractivity contribution is 7.90. The predicted octanol–water partition coefficient (Wildman–Crippen LogP) is 6.48. The molecule has 3 heterocycles. The van der Waals surface area contributed by atoms with Crippen LogP contribution in [0.2, 0.25) is 5.02 Å². The van der Waals surface area contributed by atoms with Gasteiger partial charge in [-0.05, 0) is 112 Å². The molecule has 9 nitrogen and oxygen atoms in total. The number of nitrogens with one attached hydrogen (secondary N) is 1. The van der Waals surface area contributed by atoms with E-state index in [9.17, 15) is 13.2 Å². The van der Waals surface area contributed by atoms with Gasteiger partial charge in [0.2, 0.25) is 15.9 Å². The van der Waals surface area contributed by atoms with Gasteiger partial charge in [-0.2, -0.15) is 0 Å². The molecule has 0 aromatic heterocycles. The number of ether oxygens (including phenoxy) is 2. The molecule has 1 fully saturated rings. The molecular formula is C34H44ClN3O6S. The monoisotopic (exact) mass is 657 g/mol. The van der Waals surface area contributed by atoms with Crippen molar-refractivity contribution in [2.45, 2.75) is 89.1 Å². The molecular weight excluding hydrogens is 614 g/mol. The van der Waals surface area contributed by atoms with Gasteiger partial charge in [0.1, 0.15) is 18.0 Å². The molecule has 1 saturated carbocycles. The van der Waals surface area contributed by atoms with E-state index in [4.69, 9.17) is 25.9 Å². The zero-order valence-corrected chi connectivity index (χ0v) is 28.0. The topological polar surface area (TPSA) is 107 Å². The molecule has 0 saturated heterocycles. The minimum Gasteiger partial charge on any atom is -0.487 e. The molecule has 1 amide bonds. The summed E-state index contributed by atoms with van der Waals surface area (Å²) < 4.78 is 41.1. The first-order valence-corrected chi connectivity index (χ1v) is 18.1. The molecule has 1 spiro atoms. The molecule has 4 aliphatic rings. The van der Waals surface area contributed by atoms with Crippen molar-refractivity contribution in [1.29, 1.82) is 0 Å². The van der Waals surface area contributed by atoms with Crippen molar-refractivity contribution in [2.24, 2.45) is 22.9 Å². The number of sulfonamides is 1. The third-order valence-electron chi connectivity index (χ3n) is 10.6. The first-order chi connectivity index (χ1) is 21.6. The summed E-state index contributed by atoms with van der Waals surface area (Å²) in [7, 11) is -2.28. The van der Waals surface area contributed by atoms with Gasteiger partial charge in [0.05, 0.1) is 24.5 Å². The standard InChI is InChI=1S/C34H44ClN3O6S/c1-22-7-6-15-34(19-32(42-3)36-44-34)29-13-10-26(29)20-38-16-5-4-8-24-17-28(35)12-9-27(24)21-43-31-14-11-25(18-30(31)38)33(39)37-45(40,41)23(22)2/h9,11-12,14,17-18,22-23,26,29H,4-8,10,13,15-16,19-21H2,1-3H3,(H,37,39)/t22-,23+,26-,29+,34+/m0/s1. The van der Waals surface area contributed by atoms with Crippen molar-refractivity contribution < 1.29 is 27.5 Å². The van der Waals surface area contributed by atoms with Crippen molar-refractivity contribution in [2.75, 3.05) is 25.1 Å². The Balaban J connectivity index is 1.39. The van der Waals surface area contributed by atoms with Crippen molar-refractivity contribution in [3.8, 4) is 5.75 Å². The molecule has 2 aromatic carbocycles. The van der Waals surface area contributed by atoms with E-state index in [0.29, 0.717) is 47.6 Å². The SMILES string of the molecule is COC1=NO[C@]2(CCC[C@H](C)[C@@H](C)S(=O)(=O)NC(=O)c3ccc4c(c3)N(CCCCc3cc(Cl)ccc3CO4)C[C@@H]3CC[C@H]32)C1. The molecule has 1 N–H and O–H groups in total. The van der Waals surface area contributed by atoms with Gasteiger partial charge in [0.25, 0.3) is 5.91 Å². The van der Waals surface area contributed by atoms with Crippen molar-refractivity contribution in [3.05, 3.63) is 58.1 Å². The average molecular weight is 658 g/mol. The number of hydrogen-bond acceptors (Lipinski definition) is 8. The lowest BCUT2D eigenvalue weighted by Gasteiger charge is -2.48. The number of nitrogens with zero attached hydrogens (tertiary/aromatic N) is 2. The molecule has 2 bridgehead atoms. The number of carbonyl (C=O) groups excluding carboxylic acids is 1. The second-order valence-corrected chi connectivity index (χ2v) is 15.8. The van der Waals surface area contributed by atoms with Gasteiger partial charge in [0.15, 0.2) is 0 Å². The molecule has 5 atom stereocenters. The number of carbonyl (C=O) groups is 1. The van der Waals surface area contributed by atoms with Gasteiger partial charge in [-0.3, -0.25) is 4.79 Å². The summed E-state index contributed by atoms with van der Waals surface area (Å²) in [6, 6.07) is 11.2. The Kier molecular flexibility index (Phi) is 9.26. The first kappa shape index (κ1) is 32.0. The number of methoxy groups -OCH3 is 1. The fourth-order valence-electron chi connectivity index (χ4n) is 7.48. The number of aryl methyl sites for hydroxylation is 1. The Morgan fingerprint density at radius 1 is 1.07 bits per heavy atom. The number of fused-ring (bicyclic) bond motifs is 4. The summed E-state index contributed by atoms with van der Waals surface area (Å²) in [5.41, 5.74) is 2.88. The summed E-state index contributed by atoms with van der Waals surface area (Å²) in [5.74, 6) is 1.12. The van der Waals surface area contributed by atoms with Gasteiger partial charge >= 0.3 is 0 Å². The van der Waals surface area contributed by atoms with Crippen LogP contribution in [0.1, 0.15) is 86.7 Å². The normalized spacial score (nSPS) is 30.3. The Morgan fingerprint density at radius 2 is 1.91 bits per heavy atom. The van der Waals surface area contributed by atoms with Gasteiger partial charge in [-0.15, -0.1) is 0 Å². The Morgan fingerprint density at radius 3 is 2.67 bits per heavy atom. The van der Waals surface area contributed by atoms with Crippen LogP contribution in [0.25, 0.3) is 0 Å². The maximum Gasteiger partial charge on any atom is 0.264 e. The number of halogens is 1. The van der Waals surface area contributed by atoms with E-state index in [0.717, 1.165) is 69.3 Å². The fourth-order valence-corrected chi connectivity index (χ4v) is 8.98. The molecule has 45 heavy (non-hydrogen) atoms.